The first kappa shape index (κ1) is 11.4. The molecule has 1 aliphatic rings. The van der Waals surface area contributed by atoms with Gasteiger partial charge in [0.15, 0.2) is 0 Å². The van der Waals surface area contributed by atoms with E-state index in [1.165, 1.54) is 11.1 Å². The van der Waals surface area contributed by atoms with E-state index in [0.717, 1.165) is 32.5 Å². The van der Waals surface area contributed by atoms with Crippen molar-refractivity contribution in [1.82, 2.24) is 4.90 Å². The van der Waals surface area contributed by atoms with Crippen molar-refractivity contribution in [3.05, 3.63) is 47.5 Å². The summed E-state index contributed by atoms with van der Waals surface area (Å²) in [4.78, 5) is 2.44. The second kappa shape index (κ2) is 5.83. The van der Waals surface area contributed by atoms with Crippen LogP contribution in [0.25, 0.3) is 0 Å². The highest BCUT2D eigenvalue weighted by Crippen LogP contribution is 2.15. The molecule has 2 heteroatoms. The van der Waals surface area contributed by atoms with E-state index in [2.05, 4.69) is 41.3 Å². The first-order chi connectivity index (χ1) is 7.88. The Morgan fingerprint density at radius 1 is 1.19 bits per heavy atom. The van der Waals surface area contributed by atoms with Crippen LogP contribution in [-0.4, -0.2) is 29.7 Å². The van der Waals surface area contributed by atoms with Gasteiger partial charge in [-0.2, -0.15) is 0 Å². The lowest BCUT2D eigenvalue weighted by atomic mass is 10.1. The number of rotatable bonds is 4. The Morgan fingerprint density at radius 3 is 2.75 bits per heavy atom. The number of aliphatic hydroxyl groups excluding tert-OH is 1. The van der Waals surface area contributed by atoms with Crippen LogP contribution in [0.1, 0.15) is 18.4 Å². The smallest absolute Gasteiger partial charge is 0.0468 e. The molecule has 2 nitrogen and oxygen atoms in total. The molecule has 1 aromatic rings. The Labute approximate surface area is 97.2 Å². The van der Waals surface area contributed by atoms with Crippen LogP contribution in [0.5, 0.6) is 0 Å². The van der Waals surface area contributed by atoms with Gasteiger partial charge in [0.2, 0.25) is 0 Å². The van der Waals surface area contributed by atoms with Crippen LogP contribution in [0.15, 0.2) is 42.0 Å². The van der Waals surface area contributed by atoms with E-state index in [9.17, 15) is 0 Å². The second-order valence-electron chi connectivity index (χ2n) is 4.32. The van der Waals surface area contributed by atoms with Gasteiger partial charge < -0.3 is 5.11 Å². The minimum Gasteiger partial charge on any atom is -0.396 e. The fraction of sp³-hybridized carbons (Fsp3) is 0.429. The molecular formula is C14H19NO. The first-order valence-corrected chi connectivity index (χ1v) is 5.93. The summed E-state index contributed by atoms with van der Waals surface area (Å²) in [5, 5.41) is 8.94. The van der Waals surface area contributed by atoms with Crippen LogP contribution in [0, 0.1) is 0 Å². The number of nitrogens with zero attached hydrogens (tertiary/aromatic N) is 1. The molecule has 0 amide bonds. The highest BCUT2D eigenvalue weighted by molar-refractivity contribution is 5.16. The Balaban J connectivity index is 1.90. The van der Waals surface area contributed by atoms with Crippen molar-refractivity contribution in [2.24, 2.45) is 0 Å². The minimum atomic E-state index is 0.269. The predicted molar refractivity (Wildman–Crippen MR) is 66.1 cm³/mol. The van der Waals surface area contributed by atoms with Gasteiger partial charge in [0.25, 0.3) is 0 Å². The van der Waals surface area contributed by atoms with E-state index in [1.807, 2.05) is 0 Å². The standard InChI is InChI=1S/C14H19NO/c16-10-8-14-7-4-9-15(12-14)11-13-5-2-1-3-6-13/h1-3,5-7,16H,4,8-12H2. The lowest BCUT2D eigenvalue weighted by Crippen LogP contribution is -2.29. The molecule has 0 bridgehead atoms. The molecule has 0 fully saturated rings. The van der Waals surface area contributed by atoms with E-state index in [0.29, 0.717) is 0 Å². The van der Waals surface area contributed by atoms with E-state index in [1.54, 1.807) is 0 Å². The van der Waals surface area contributed by atoms with Crippen LogP contribution in [0.4, 0.5) is 0 Å². The van der Waals surface area contributed by atoms with Crippen LogP contribution >= 0.6 is 0 Å². The van der Waals surface area contributed by atoms with E-state index in [-0.39, 0.29) is 6.61 Å². The van der Waals surface area contributed by atoms with Crippen molar-refractivity contribution in [1.29, 1.82) is 0 Å². The number of aliphatic hydroxyl groups is 1. The van der Waals surface area contributed by atoms with Crippen molar-refractivity contribution >= 4 is 0 Å². The fourth-order valence-corrected chi connectivity index (χ4v) is 2.18. The summed E-state index contributed by atoms with van der Waals surface area (Å²) in [7, 11) is 0. The maximum Gasteiger partial charge on any atom is 0.0468 e. The van der Waals surface area contributed by atoms with Crippen LogP contribution < -0.4 is 0 Å². The number of hydrogen-bond acceptors (Lipinski definition) is 2. The summed E-state index contributed by atoms with van der Waals surface area (Å²) in [6, 6.07) is 10.6. The minimum absolute atomic E-state index is 0.269. The predicted octanol–water partition coefficient (Wildman–Crippen LogP) is 2.20. The zero-order valence-corrected chi connectivity index (χ0v) is 9.60. The van der Waals surface area contributed by atoms with Crippen molar-refractivity contribution < 1.29 is 5.11 Å². The molecule has 1 aromatic carbocycles. The van der Waals surface area contributed by atoms with Crippen LogP contribution in [-0.2, 0) is 6.54 Å². The largest absolute Gasteiger partial charge is 0.396 e. The molecule has 0 unspecified atom stereocenters. The molecule has 0 saturated heterocycles. The van der Waals surface area contributed by atoms with Gasteiger partial charge in [-0.3, -0.25) is 4.90 Å². The average Bonchev–Trinajstić information content (AvgIpc) is 2.31. The van der Waals surface area contributed by atoms with Crippen molar-refractivity contribution in [3.63, 3.8) is 0 Å². The van der Waals surface area contributed by atoms with Crippen molar-refractivity contribution in [3.8, 4) is 0 Å². The molecule has 1 aliphatic heterocycles. The molecule has 1 N–H and O–H groups in total. The summed E-state index contributed by atoms with van der Waals surface area (Å²) in [6.45, 7) is 3.42. The summed E-state index contributed by atoms with van der Waals surface area (Å²) in [5.74, 6) is 0. The van der Waals surface area contributed by atoms with Gasteiger partial charge in [-0.25, -0.2) is 0 Å². The maximum absolute atomic E-state index is 8.94. The lowest BCUT2D eigenvalue weighted by molar-refractivity contribution is 0.260. The van der Waals surface area contributed by atoms with Crippen LogP contribution in [0.3, 0.4) is 0 Å². The van der Waals surface area contributed by atoms with Gasteiger partial charge in [0.05, 0.1) is 0 Å². The molecule has 2 rings (SSSR count). The first-order valence-electron chi connectivity index (χ1n) is 5.93. The van der Waals surface area contributed by atoms with Crippen LogP contribution in [0.2, 0.25) is 0 Å². The monoisotopic (exact) mass is 217 g/mol. The van der Waals surface area contributed by atoms with Gasteiger partial charge >= 0.3 is 0 Å². The molecule has 16 heavy (non-hydrogen) atoms. The molecule has 0 spiro atoms. The SMILES string of the molecule is OCCC1=CCCN(Cc2ccccc2)C1. The maximum atomic E-state index is 8.94. The average molecular weight is 217 g/mol. The molecule has 0 saturated carbocycles. The highest BCUT2D eigenvalue weighted by atomic mass is 16.2. The molecule has 86 valence electrons. The molecule has 1 heterocycles. The van der Waals surface area contributed by atoms with Gasteiger partial charge in [-0.1, -0.05) is 42.0 Å². The molecule has 0 radical (unpaired) electrons. The Kier molecular flexibility index (Phi) is 4.14. The quantitative estimate of drug-likeness (QED) is 0.782. The zero-order valence-electron chi connectivity index (χ0n) is 9.60. The lowest BCUT2D eigenvalue weighted by Gasteiger charge is -2.27. The summed E-state index contributed by atoms with van der Waals surface area (Å²) >= 11 is 0. The number of hydrogen-bond donors (Lipinski definition) is 1. The van der Waals surface area contributed by atoms with Crippen molar-refractivity contribution in [2.75, 3.05) is 19.7 Å². The third-order valence-corrected chi connectivity index (χ3v) is 2.99. The fourth-order valence-electron chi connectivity index (χ4n) is 2.18. The molecular weight excluding hydrogens is 198 g/mol. The Hall–Kier alpha value is -1.12. The van der Waals surface area contributed by atoms with E-state index >= 15 is 0 Å². The third-order valence-electron chi connectivity index (χ3n) is 2.99. The second-order valence-corrected chi connectivity index (χ2v) is 4.32. The Bertz CT molecular complexity index is 345. The van der Waals surface area contributed by atoms with Gasteiger partial charge in [0.1, 0.15) is 0 Å². The molecule has 0 aromatic heterocycles. The zero-order chi connectivity index (χ0) is 11.2. The van der Waals surface area contributed by atoms with Gasteiger partial charge in [-0.05, 0) is 18.4 Å². The highest BCUT2D eigenvalue weighted by Gasteiger charge is 2.12. The van der Waals surface area contributed by atoms with E-state index in [4.69, 9.17) is 5.11 Å². The summed E-state index contributed by atoms with van der Waals surface area (Å²) in [6.07, 6.45) is 4.21. The molecule has 0 aliphatic carbocycles. The normalized spacial score (nSPS) is 17.2. The van der Waals surface area contributed by atoms with Gasteiger partial charge in [-0.15, -0.1) is 0 Å². The summed E-state index contributed by atoms with van der Waals surface area (Å²) in [5.41, 5.74) is 2.75. The van der Waals surface area contributed by atoms with Gasteiger partial charge in [0, 0.05) is 26.2 Å². The molecule has 0 atom stereocenters. The topological polar surface area (TPSA) is 23.5 Å². The third kappa shape index (κ3) is 3.19. The van der Waals surface area contributed by atoms with Crippen molar-refractivity contribution in [2.45, 2.75) is 19.4 Å². The Morgan fingerprint density at radius 2 is 2.00 bits per heavy atom. The summed E-state index contributed by atoms with van der Waals surface area (Å²) < 4.78 is 0. The number of benzene rings is 1. The van der Waals surface area contributed by atoms with E-state index < -0.39 is 0 Å².